The SMILES string of the molecule is C=C1C(Cl)=CC(C(C)(F)F)=CN1/C=C(\C)C(=O)NS(=O)(=O)c1cc(OC)ccc1Cl. The highest BCUT2D eigenvalue weighted by atomic mass is 35.5. The lowest BCUT2D eigenvalue weighted by Gasteiger charge is -2.26. The smallest absolute Gasteiger partial charge is 0.271 e. The van der Waals surface area contributed by atoms with Gasteiger partial charge in [-0.15, -0.1) is 0 Å². The molecule has 0 radical (unpaired) electrons. The van der Waals surface area contributed by atoms with E-state index in [0.717, 1.165) is 29.4 Å². The molecule has 1 aliphatic heterocycles. The highest BCUT2D eigenvalue weighted by Crippen LogP contribution is 2.34. The molecule has 0 aliphatic carbocycles. The van der Waals surface area contributed by atoms with E-state index in [2.05, 4.69) is 6.58 Å². The van der Waals surface area contributed by atoms with E-state index in [1.807, 2.05) is 4.72 Å². The molecule has 1 aliphatic rings. The molecule has 0 saturated heterocycles. The van der Waals surface area contributed by atoms with E-state index >= 15 is 0 Å². The Hall–Kier alpha value is -2.36. The number of nitrogens with one attached hydrogen (secondary N) is 1. The highest BCUT2D eigenvalue weighted by molar-refractivity contribution is 7.90. The molecule has 0 atom stereocenters. The molecule has 11 heteroatoms. The van der Waals surface area contributed by atoms with E-state index in [-0.39, 0.29) is 32.0 Å². The number of halogens is 4. The van der Waals surface area contributed by atoms with Gasteiger partial charge in [0.05, 0.1) is 22.9 Å². The molecule has 30 heavy (non-hydrogen) atoms. The maximum Gasteiger partial charge on any atom is 0.271 e. The van der Waals surface area contributed by atoms with Crippen LogP contribution >= 0.6 is 23.2 Å². The number of hydrogen-bond acceptors (Lipinski definition) is 5. The van der Waals surface area contributed by atoms with E-state index in [0.29, 0.717) is 6.92 Å². The second-order valence-corrected chi connectivity index (χ2v) is 8.83. The first-order chi connectivity index (χ1) is 13.8. The van der Waals surface area contributed by atoms with Crippen LogP contribution in [-0.2, 0) is 14.8 Å². The summed E-state index contributed by atoms with van der Waals surface area (Å²) in [7, 11) is -2.99. The average Bonchev–Trinajstić information content (AvgIpc) is 2.64. The van der Waals surface area contributed by atoms with Gasteiger partial charge in [-0.2, -0.15) is 0 Å². The summed E-state index contributed by atoms with van der Waals surface area (Å²) in [6.45, 7) is 5.66. The number of amides is 1. The van der Waals surface area contributed by atoms with Gasteiger partial charge in [0.25, 0.3) is 21.9 Å². The van der Waals surface area contributed by atoms with Crippen molar-refractivity contribution in [2.45, 2.75) is 24.7 Å². The lowest BCUT2D eigenvalue weighted by molar-refractivity contribution is -0.115. The van der Waals surface area contributed by atoms with Crippen molar-refractivity contribution in [1.82, 2.24) is 9.62 Å². The van der Waals surface area contributed by atoms with Crippen LogP contribution in [0.2, 0.25) is 5.02 Å². The van der Waals surface area contributed by atoms with Crippen LogP contribution in [-0.4, -0.2) is 32.3 Å². The van der Waals surface area contributed by atoms with Gasteiger partial charge in [-0.05, 0) is 25.1 Å². The Kier molecular flexibility index (Phi) is 7.01. The number of methoxy groups -OCH3 is 1. The number of sulfonamides is 1. The number of allylic oxidation sites excluding steroid dienone is 3. The molecule has 6 nitrogen and oxygen atoms in total. The largest absolute Gasteiger partial charge is 0.497 e. The Labute approximate surface area is 183 Å². The number of carbonyl (C=O) groups excluding carboxylic acids is 1. The lowest BCUT2D eigenvalue weighted by Crippen LogP contribution is -2.32. The van der Waals surface area contributed by atoms with Gasteiger partial charge >= 0.3 is 0 Å². The van der Waals surface area contributed by atoms with Crippen LogP contribution in [0.15, 0.2) is 70.0 Å². The quantitative estimate of drug-likeness (QED) is 0.607. The number of nitrogens with zero attached hydrogens (tertiary/aromatic N) is 1. The monoisotopic (exact) mass is 478 g/mol. The van der Waals surface area contributed by atoms with Gasteiger partial charge < -0.3 is 9.64 Å². The molecule has 0 bridgehead atoms. The Morgan fingerprint density at radius 2 is 1.97 bits per heavy atom. The predicted octanol–water partition coefficient (Wildman–Crippen LogP) is 4.55. The fourth-order valence-corrected chi connectivity index (χ4v) is 4.05. The van der Waals surface area contributed by atoms with Gasteiger partial charge in [0, 0.05) is 36.5 Å². The Bertz CT molecular complexity index is 1090. The summed E-state index contributed by atoms with van der Waals surface area (Å²) in [5.74, 6) is -3.95. The van der Waals surface area contributed by atoms with Crippen LogP contribution in [0.4, 0.5) is 8.78 Å². The summed E-state index contributed by atoms with van der Waals surface area (Å²) >= 11 is 11.9. The van der Waals surface area contributed by atoms with Crippen molar-refractivity contribution in [3.63, 3.8) is 0 Å². The standard InChI is InChI=1S/C19H18Cl2F2N2O4S/c1-11(9-25-10-13(19(3,22)23)7-16(21)12(25)2)18(26)24-30(27,28)17-8-14(29-4)5-6-15(17)20/h5-10H,2H2,1,3-4H3,(H,24,26)/b11-9+. The van der Waals surface area contributed by atoms with Crippen molar-refractivity contribution in [3.05, 3.63) is 70.2 Å². The molecule has 0 fully saturated rings. The topological polar surface area (TPSA) is 75.7 Å². The van der Waals surface area contributed by atoms with Crippen molar-refractivity contribution in [2.24, 2.45) is 0 Å². The first-order valence-electron chi connectivity index (χ1n) is 8.30. The summed E-state index contributed by atoms with van der Waals surface area (Å²) in [6.07, 6.45) is 3.26. The van der Waals surface area contributed by atoms with E-state index in [4.69, 9.17) is 27.9 Å². The first-order valence-corrected chi connectivity index (χ1v) is 10.5. The minimum atomic E-state index is -4.33. The number of hydrogen-bond donors (Lipinski definition) is 1. The molecular formula is C19H18Cl2F2N2O4S. The third-order valence-corrected chi connectivity index (χ3v) is 6.14. The normalized spacial score (nSPS) is 15.5. The molecule has 1 amide bonds. The summed E-state index contributed by atoms with van der Waals surface area (Å²) in [5, 5.41) is -0.161. The molecule has 0 aromatic heterocycles. The minimum absolute atomic E-state index is 0.0470. The highest BCUT2D eigenvalue weighted by Gasteiger charge is 2.30. The summed E-state index contributed by atoms with van der Waals surface area (Å²) in [6, 6.07) is 3.93. The molecular weight excluding hydrogens is 461 g/mol. The maximum absolute atomic E-state index is 13.7. The van der Waals surface area contributed by atoms with E-state index < -0.39 is 27.4 Å². The van der Waals surface area contributed by atoms with Gasteiger partial charge in [0.15, 0.2) is 0 Å². The van der Waals surface area contributed by atoms with Crippen LogP contribution in [0.1, 0.15) is 13.8 Å². The molecule has 162 valence electrons. The molecule has 1 aromatic carbocycles. The number of alkyl halides is 2. The number of ether oxygens (including phenoxy) is 1. The van der Waals surface area contributed by atoms with Gasteiger partial charge in [-0.3, -0.25) is 4.79 Å². The third kappa shape index (κ3) is 5.41. The van der Waals surface area contributed by atoms with E-state index in [9.17, 15) is 22.0 Å². The molecule has 1 heterocycles. The zero-order valence-electron chi connectivity index (χ0n) is 16.2. The van der Waals surface area contributed by atoms with Crippen LogP contribution in [0.3, 0.4) is 0 Å². The maximum atomic E-state index is 13.7. The Morgan fingerprint density at radius 1 is 1.33 bits per heavy atom. The fraction of sp³-hybridized carbons (Fsp3) is 0.211. The third-order valence-electron chi connectivity index (χ3n) is 4.00. The summed E-state index contributed by atoms with van der Waals surface area (Å²) in [4.78, 5) is 13.2. The van der Waals surface area contributed by atoms with Crippen molar-refractivity contribution in [1.29, 1.82) is 0 Å². The molecule has 2 rings (SSSR count). The van der Waals surface area contributed by atoms with Crippen molar-refractivity contribution >= 4 is 39.1 Å². The number of carbonyl (C=O) groups is 1. The van der Waals surface area contributed by atoms with Crippen LogP contribution in [0, 0.1) is 0 Å². The van der Waals surface area contributed by atoms with Crippen LogP contribution in [0.25, 0.3) is 0 Å². The first kappa shape index (κ1) is 23.9. The molecule has 0 unspecified atom stereocenters. The van der Waals surface area contributed by atoms with Gasteiger partial charge in [-0.25, -0.2) is 21.9 Å². The van der Waals surface area contributed by atoms with E-state index in [1.165, 1.54) is 26.2 Å². The zero-order valence-corrected chi connectivity index (χ0v) is 18.5. The molecule has 1 N–H and O–H groups in total. The van der Waals surface area contributed by atoms with Crippen molar-refractivity contribution in [3.8, 4) is 5.75 Å². The Balaban J connectivity index is 2.31. The van der Waals surface area contributed by atoms with Gasteiger partial charge in [0.2, 0.25) is 0 Å². The molecule has 0 saturated carbocycles. The lowest BCUT2D eigenvalue weighted by atomic mass is 10.1. The second kappa shape index (κ2) is 8.79. The fourth-order valence-electron chi connectivity index (χ4n) is 2.30. The van der Waals surface area contributed by atoms with Crippen molar-refractivity contribution < 1.29 is 26.7 Å². The van der Waals surface area contributed by atoms with E-state index in [1.54, 1.807) is 0 Å². The average molecular weight is 479 g/mol. The summed E-state index contributed by atoms with van der Waals surface area (Å²) in [5.41, 5.74) is -0.379. The van der Waals surface area contributed by atoms with Crippen LogP contribution in [0.5, 0.6) is 5.75 Å². The zero-order chi connectivity index (χ0) is 22.9. The summed E-state index contributed by atoms with van der Waals surface area (Å²) < 4.78 is 59.3. The van der Waals surface area contributed by atoms with Crippen LogP contribution < -0.4 is 9.46 Å². The Morgan fingerprint density at radius 3 is 2.53 bits per heavy atom. The van der Waals surface area contributed by atoms with Gasteiger partial charge in [0.1, 0.15) is 10.6 Å². The minimum Gasteiger partial charge on any atom is -0.497 e. The molecule has 0 spiro atoms. The number of benzene rings is 1. The van der Waals surface area contributed by atoms with Gasteiger partial charge in [-0.1, -0.05) is 29.8 Å². The number of rotatable bonds is 6. The van der Waals surface area contributed by atoms with Crippen molar-refractivity contribution in [2.75, 3.05) is 7.11 Å². The second-order valence-electron chi connectivity index (χ2n) is 6.36. The molecule has 1 aromatic rings. The predicted molar refractivity (Wildman–Crippen MR) is 111 cm³/mol.